The number of carboxylic acid groups (broad SMARTS) is 1. The number of unbranched alkanes of at least 4 members (excludes halogenated alkanes) is 6. The van der Waals surface area contributed by atoms with Gasteiger partial charge in [-0.25, -0.2) is 4.79 Å². The minimum atomic E-state index is -1.25. The molecule has 0 atom stereocenters. The van der Waals surface area contributed by atoms with Crippen molar-refractivity contribution >= 4 is 6.16 Å². The van der Waals surface area contributed by atoms with Gasteiger partial charge in [-0.3, -0.25) is 0 Å². The van der Waals surface area contributed by atoms with Crippen LogP contribution in [0.15, 0.2) is 42.5 Å². The maximum Gasteiger partial charge on any atom is 0.511 e. The van der Waals surface area contributed by atoms with E-state index in [1.54, 1.807) is 6.07 Å². The molecule has 0 fully saturated rings. The van der Waals surface area contributed by atoms with Crippen molar-refractivity contribution in [3.63, 3.8) is 0 Å². The highest BCUT2D eigenvalue weighted by Gasteiger charge is 2.15. The lowest BCUT2D eigenvalue weighted by Gasteiger charge is -2.17. The van der Waals surface area contributed by atoms with Gasteiger partial charge in [0, 0.05) is 5.56 Å². The highest BCUT2D eigenvalue weighted by atomic mass is 16.7. The first-order valence-electron chi connectivity index (χ1n) is 10.8. The van der Waals surface area contributed by atoms with Crippen LogP contribution in [-0.4, -0.2) is 11.3 Å². The van der Waals surface area contributed by atoms with Crippen LogP contribution in [0.2, 0.25) is 0 Å². The minimum absolute atomic E-state index is 0.476. The first kappa shape index (κ1) is 22.0. The number of rotatable bonds is 12. The molecule has 2 rings (SSSR count). The third kappa shape index (κ3) is 6.70. The monoisotopic (exact) mass is 382 g/mol. The van der Waals surface area contributed by atoms with Crippen LogP contribution < -0.4 is 4.74 Å². The van der Waals surface area contributed by atoms with Crippen LogP contribution in [0.4, 0.5) is 4.79 Å². The molecule has 3 nitrogen and oxygen atoms in total. The third-order valence-electron chi connectivity index (χ3n) is 5.22. The molecule has 2 aromatic rings. The molecule has 0 amide bonds. The summed E-state index contributed by atoms with van der Waals surface area (Å²) >= 11 is 0. The molecule has 0 unspecified atom stereocenters. The van der Waals surface area contributed by atoms with Gasteiger partial charge in [-0.15, -0.1) is 0 Å². The van der Waals surface area contributed by atoms with Crippen molar-refractivity contribution in [1.29, 1.82) is 0 Å². The molecular weight excluding hydrogens is 348 g/mol. The molecule has 0 heterocycles. The second-order valence-electron chi connectivity index (χ2n) is 7.43. The summed E-state index contributed by atoms with van der Waals surface area (Å²) in [6, 6.07) is 14.3. The molecule has 0 aliphatic rings. The topological polar surface area (TPSA) is 46.5 Å². The van der Waals surface area contributed by atoms with E-state index in [-0.39, 0.29) is 0 Å². The van der Waals surface area contributed by atoms with Crippen LogP contribution in [0.5, 0.6) is 5.75 Å². The van der Waals surface area contributed by atoms with Gasteiger partial charge >= 0.3 is 6.16 Å². The first-order chi connectivity index (χ1) is 13.7. The zero-order valence-electron chi connectivity index (χ0n) is 17.4. The average molecular weight is 383 g/mol. The molecule has 0 aromatic heterocycles. The highest BCUT2D eigenvalue weighted by Crippen LogP contribution is 2.35. The van der Waals surface area contributed by atoms with Crippen LogP contribution in [0.25, 0.3) is 11.1 Å². The summed E-state index contributed by atoms with van der Waals surface area (Å²) in [6.45, 7) is 4.43. The minimum Gasteiger partial charge on any atom is -0.449 e. The van der Waals surface area contributed by atoms with E-state index in [2.05, 4.69) is 44.2 Å². The molecule has 0 spiro atoms. The van der Waals surface area contributed by atoms with Crippen LogP contribution in [0.3, 0.4) is 0 Å². The third-order valence-corrected chi connectivity index (χ3v) is 5.22. The Kier molecular flexibility index (Phi) is 9.61. The predicted molar refractivity (Wildman–Crippen MR) is 116 cm³/mol. The molecule has 0 saturated heterocycles. The van der Waals surface area contributed by atoms with Gasteiger partial charge in [0.1, 0.15) is 5.75 Å². The number of aryl methyl sites for hydroxylation is 1. The van der Waals surface area contributed by atoms with Gasteiger partial charge in [-0.2, -0.15) is 0 Å². The molecule has 0 aliphatic heterocycles. The average Bonchev–Trinajstić information content (AvgIpc) is 2.69. The van der Waals surface area contributed by atoms with Crippen molar-refractivity contribution in [3.05, 3.63) is 53.6 Å². The molecule has 3 heteroatoms. The van der Waals surface area contributed by atoms with Crippen molar-refractivity contribution in [2.75, 3.05) is 0 Å². The second-order valence-corrected chi connectivity index (χ2v) is 7.43. The summed E-state index contributed by atoms with van der Waals surface area (Å²) in [5, 5.41) is 9.17. The fourth-order valence-corrected chi connectivity index (χ4v) is 3.72. The van der Waals surface area contributed by atoms with Crippen molar-refractivity contribution in [3.8, 4) is 16.9 Å². The zero-order chi connectivity index (χ0) is 20.2. The Balaban J connectivity index is 2.29. The Morgan fingerprint density at radius 3 is 2.21 bits per heavy atom. The van der Waals surface area contributed by atoms with E-state index in [1.807, 2.05) is 6.07 Å². The molecule has 2 aromatic carbocycles. The fraction of sp³-hybridized carbons (Fsp3) is 0.480. The lowest BCUT2D eigenvalue weighted by Crippen LogP contribution is -2.07. The van der Waals surface area contributed by atoms with Crippen molar-refractivity contribution in [2.24, 2.45) is 0 Å². The Labute approximate surface area is 169 Å². The maximum absolute atomic E-state index is 11.2. The van der Waals surface area contributed by atoms with Crippen LogP contribution in [0.1, 0.15) is 76.3 Å². The number of carbonyl (C=O) groups is 1. The Bertz CT molecular complexity index is 736. The lowest BCUT2D eigenvalue weighted by atomic mass is 9.90. The number of hydrogen-bond acceptors (Lipinski definition) is 2. The smallest absolute Gasteiger partial charge is 0.449 e. The summed E-state index contributed by atoms with van der Waals surface area (Å²) in [7, 11) is 0. The summed E-state index contributed by atoms with van der Waals surface area (Å²) in [4.78, 5) is 11.2. The SMILES string of the molecule is CCCCCCCCc1c(OC(=O)O)cccc1-c1ccccc1CCCC. The molecule has 1 N–H and O–H groups in total. The van der Waals surface area contributed by atoms with E-state index < -0.39 is 6.16 Å². The molecule has 152 valence electrons. The van der Waals surface area contributed by atoms with Gasteiger partial charge in [-0.05, 0) is 48.4 Å². The largest absolute Gasteiger partial charge is 0.511 e. The molecular formula is C25H34O3. The van der Waals surface area contributed by atoms with E-state index in [1.165, 1.54) is 43.2 Å². The Hall–Kier alpha value is -2.29. The fourth-order valence-electron chi connectivity index (χ4n) is 3.72. The van der Waals surface area contributed by atoms with E-state index in [0.29, 0.717) is 5.75 Å². The van der Waals surface area contributed by atoms with Gasteiger partial charge in [0.25, 0.3) is 0 Å². The molecule has 0 bridgehead atoms. The normalized spacial score (nSPS) is 10.8. The summed E-state index contributed by atoms with van der Waals surface area (Å²) in [5.74, 6) is 0.476. The van der Waals surface area contributed by atoms with Gasteiger partial charge in [0.15, 0.2) is 0 Å². The van der Waals surface area contributed by atoms with Gasteiger partial charge in [0.05, 0.1) is 0 Å². The Morgan fingerprint density at radius 1 is 0.786 bits per heavy atom. The summed E-state index contributed by atoms with van der Waals surface area (Å²) in [6.07, 6.45) is 10.2. The Morgan fingerprint density at radius 2 is 1.46 bits per heavy atom. The van der Waals surface area contributed by atoms with Crippen molar-refractivity contribution < 1.29 is 14.6 Å². The number of benzene rings is 2. The summed E-state index contributed by atoms with van der Waals surface area (Å²) in [5.41, 5.74) is 4.65. The molecule has 28 heavy (non-hydrogen) atoms. The standard InChI is InChI=1S/C25H34O3/c1-3-5-7-8-9-10-17-23-22(18-13-19-24(23)28-25(26)27)21-16-12-11-15-20(21)14-6-4-2/h11-13,15-16,18-19H,3-10,14,17H2,1-2H3,(H,26,27). The van der Waals surface area contributed by atoms with Crippen LogP contribution in [0, 0.1) is 0 Å². The summed E-state index contributed by atoms with van der Waals surface area (Å²) < 4.78 is 5.14. The number of ether oxygens (including phenoxy) is 1. The molecule has 0 aliphatic carbocycles. The molecule has 0 saturated carbocycles. The van der Waals surface area contributed by atoms with Crippen molar-refractivity contribution in [2.45, 2.75) is 78.1 Å². The highest BCUT2D eigenvalue weighted by molar-refractivity contribution is 5.74. The number of hydrogen-bond donors (Lipinski definition) is 1. The van der Waals surface area contributed by atoms with Crippen molar-refractivity contribution in [1.82, 2.24) is 0 Å². The zero-order valence-corrected chi connectivity index (χ0v) is 17.4. The predicted octanol–water partition coefficient (Wildman–Crippen LogP) is 7.66. The van der Waals surface area contributed by atoms with E-state index in [9.17, 15) is 9.90 Å². The molecule has 0 radical (unpaired) electrons. The van der Waals surface area contributed by atoms with Crippen LogP contribution >= 0.6 is 0 Å². The van der Waals surface area contributed by atoms with Gasteiger partial charge in [0.2, 0.25) is 0 Å². The first-order valence-corrected chi connectivity index (χ1v) is 10.8. The quantitative estimate of drug-likeness (QED) is 0.233. The van der Waals surface area contributed by atoms with E-state index in [0.717, 1.165) is 43.2 Å². The van der Waals surface area contributed by atoms with Gasteiger partial charge < -0.3 is 9.84 Å². The second kappa shape index (κ2) is 12.2. The maximum atomic E-state index is 11.2. The van der Waals surface area contributed by atoms with E-state index >= 15 is 0 Å². The lowest BCUT2D eigenvalue weighted by molar-refractivity contribution is 0.144. The van der Waals surface area contributed by atoms with E-state index in [4.69, 9.17) is 4.74 Å². The van der Waals surface area contributed by atoms with Gasteiger partial charge in [-0.1, -0.05) is 88.8 Å². The van der Waals surface area contributed by atoms with Crippen LogP contribution in [-0.2, 0) is 12.8 Å².